The molecular weight excluding hydrogens is 426 g/mol. The number of nitrogens with zero attached hydrogens (tertiary/aromatic N) is 4. The summed E-state index contributed by atoms with van der Waals surface area (Å²) in [6.45, 7) is 1.70. The maximum absolute atomic E-state index is 5.68. The zero-order valence-corrected chi connectivity index (χ0v) is 18.9. The molecule has 3 aromatic heterocycles. The van der Waals surface area contributed by atoms with Gasteiger partial charge in [0.1, 0.15) is 30.1 Å². The van der Waals surface area contributed by atoms with E-state index in [1.807, 2.05) is 41.1 Å². The van der Waals surface area contributed by atoms with Gasteiger partial charge in [0.2, 0.25) is 0 Å². The lowest BCUT2D eigenvalue weighted by molar-refractivity contribution is 0.146. The van der Waals surface area contributed by atoms with Crippen LogP contribution in [-0.2, 0) is 11.3 Å². The Hall–Kier alpha value is -4.23. The number of aromatic nitrogens is 4. The van der Waals surface area contributed by atoms with Gasteiger partial charge in [-0.25, -0.2) is 15.0 Å². The topological polar surface area (TPSA) is 73.6 Å². The van der Waals surface area contributed by atoms with Gasteiger partial charge in [-0.2, -0.15) is 0 Å². The average Bonchev–Trinajstić information content (AvgIpc) is 3.32. The highest BCUT2D eigenvalue weighted by Gasteiger charge is 2.10. The first-order chi connectivity index (χ1) is 16.8. The molecule has 3 heterocycles. The molecule has 7 heteroatoms. The van der Waals surface area contributed by atoms with Crippen LogP contribution in [-0.4, -0.2) is 39.7 Å². The third-order valence-electron chi connectivity index (χ3n) is 5.51. The van der Waals surface area contributed by atoms with Gasteiger partial charge in [-0.1, -0.05) is 54.6 Å². The van der Waals surface area contributed by atoms with E-state index in [1.165, 1.54) is 16.7 Å². The summed E-state index contributed by atoms with van der Waals surface area (Å²) in [5.41, 5.74) is 6.05. The highest BCUT2D eigenvalue weighted by molar-refractivity contribution is 5.64. The molecule has 0 saturated carbocycles. The highest BCUT2D eigenvalue weighted by atomic mass is 16.5. The van der Waals surface area contributed by atoms with Crippen LogP contribution >= 0.6 is 0 Å². The van der Waals surface area contributed by atoms with Crippen molar-refractivity contribution in [3.8, 4) is 28.3 Å². The molecule has 5 aromatic rings. The predicted octanol–water partition coefficient (Wildman–Crippen LogP) is 5.10. The minimum Gasteiger partial charge on any atom is -0.491 e. The van der Waals surface area contributed by atoms with Crippen LogP contribution in [0.15, 0.2) is 91.5 Å². The molecule has 0 aliphatic carbocycles. The number of ether oxygens (including phenoxy) is 2. The first-order valence-corrected chi connectivity index (χ1v) is 11.1. The molecular formula is C27H25N5O2. The van der Waals surface area contributed by atoms with E-state index in [1.54, 1.807) is 13.4 Å². The van der Waals surface area contributed by atoms with E-state index in [2.05, 4.69) is 68.8 Å². The number of anilines is 1. The van der Waals surface area contributed by atoms with Gasteiger partial charge in [0.25, 0.3) is 0 Å². The van der Waals surface area contributed by atoms with E-state index in [0.717, 1.165) is 28.6 Å². The average molecular weight is 452 g/mol. The molecule has 0 aliphatic heterocycles. The van der Waals surface area contributed by atoms with Crippen molar-refractivity contribution in [3.63, 3.8) is 0 Å². The number of hydrogen-bond acceptors (Lipinski definition) is 6. The molecule has 0 radical (unpaired) electrons. The Kier molecular flexibility index (Phi) is 6.45. The summed E-state index contributed by atoms with van der Waals surface area (Å²) in [6, 6.07) is 24.7. The first-order valence-electron chi connectivity index (χ1n) is 11.1. The van der Waals surface area contributed by atoms with Crippen LogP contribution in [0.25, 0.3) is 28.2 Å². The third kappa shape index (κ3) is 4.89. The van der Waals surface area contributed by atoms with Crippen molar-refractivity contribution in [3.05, 3.63) is 97.1 Å². The van der Waals surface area contributed by atoms with E-state index >= 15 is 0 Å². The molecule has 0 fully saturated rings. The summed E-state index contributed by atoms with van der Waals surface area (Å²) in [7, 11) is 1.65. The zero-order valence-electron chi connectivity index (χ0n) is 18.9. The Morgan fingerprint density at radius 3 is 2.50 bits per heavy atom. The number of nitrogens with one attached hydrogen (secondary N) is 1. The second-order valence-corrected chi connectivity index (χ2v) is 7.78. The molecule has 0 spiro atoms. The SMILES string of the molecule is COCCOc1ccn2c(-c3cc(NCc4ccc(-c5ccccc5)cc4)ncn3)cnc2c1. The van der Waals surface area contributed by atoms with Gasteiger partial charge in [-0.15, -0.1) is 0 Å². The predicted molar refractivity (Wildman–Crippen MR) is 133 cm³/mol. The van der Waals surface area contributed by atoms with Crippen molar-refractivity contribution in [2.45, 2.75) is 6.54 Å². The zero-order chi connectivity index (χ0) is 23.2. The number of imidazole rings is 1. The summed E-state index contributed by atoms with van der Waals surface area (Å²) >= 11 is 0. The molecule has 0 amide bonds. The van der Waals surface area contributed by atoms with E-state index in [-0.39, 0.29) is 0 Å². The van der Waals surface area contributed by atoms with Gasteiger partial charge in [0, 0.05) is 32.0 Å². The standard InChI is InChI=1S/C27H25N5O2/c1-33-13-14-34-23-11-12-32-25(18-29-27(32)15-23)24-16-26(31-19-30-24)28-17-20-7-9-22(10-8-20)21-5-3-2-4-6-21/h2-12,15-16,18-19H,13-14,17H2,1H3,(H,28,30,31). The van der Waals surface area contributed by atoms with Gasteiger partial charge in [0.05, 0.1) is 24.2 Å². The quantitative estimate of drug-likeness (QED) is 0.315. The summed E-state index contributed by atoms with van der Waals surface area (Å²) in [5, 5.41) is 3.40. The van der Waals surface area contributed by atoms with Crippen LogP contribution in [0.1, 0.15) is 5.56 Å². The fourth-order valence-electron chi connectivity index (χ4n) is 3.72. The van der Waals surface area contributed by atoms with Crippen LogP contribution < -0.4 is 10.1 Å². The molecule has 0 unspecified atom stereocenters. The van der Waals surface area contributed by atoms with Crippen molar-refractivity contribution < 1.29 is 9.47 Å². The van der Waals surface area contributed by atoms with Crippen molar-refractivity contribution in [1.29, 1.82) is 0 Å². The molecule has 0 saturated heterocycles. The second kappa shape index (κ2) is 10.1. The maximum atomic E-state index is 5.68. The van der Waals surface area contributed by atoms with Crippen molar-refractivity contribution in [2.75, 3.05) is 25.6 Å². The molecule has 170 valence electrons. The molecule has 5 rings (SSSR count). The summed E-state index contributed by atoms with van der Waals surface area (Å²) in [6.07, 6.45) is 5.31. The lowest BCUT2D eigenvalue weighted by Gasteiger charge is -2.09. The fourth-order valence-corrected chi connectivity index (χ4v) is 3.72. The lowest BCUT2D eigenvalue weighted by Crippen LogP contribution is -2.04. The summed E-state index contributed by atoms with van der Waals surface area (Å²) in [4.78, 5) is 13.3. The number of rotatable bonds is 9. The van der Waals surface area contributed by atoms with Gasteiger partial charge in [-0.05, 0) is 22.8 Å². The molecule has 7 nitrogen and oxygen atoms in total. The largest absolute Gasteiger partial charge is 0.491 e. The monoisotopic (exact) mass is 451 g/mol. The molecule has 34 heavy (non-hydrogen) atoms. The third-order valence-corrected chi connectivity index (χ3v) is 5.51. The van der Waals surface area contributed by atoms with E-state index in [9.17, 15) is 0 Å². The Labute approximate surface area is 198 Å². The number of pyridine rings is 1. The first kappa shape index (κ1) is 21.6. The Balaban J connectivity index is 1.28. The smallest absolute Gasteiger partial charge is 0.140 e. The molecule has 1 N–H and O–H groups in total. The minimum atomic E-state index is 0.496. The van der Waals surface area contributed by atoms with Gasteiger partial charge >= 0.3 is 0 Å². The van der Waals surface area contributed by atoms with Gasteiger partial charge in [-0.3, -0.25) is 4.40 Å². The van der Waals surface area contributed by atoms with E-state index in [4.69, 9.17) is 9.47 Å². The van der Waals surface area contributed by atoms with Crippen LogP contribution in [0, 0.1) is 0 Å². The number of fused-ring (bicyclic) bond motifs is 1. The van der Waals surface area contributed by atoms with Crippen molar-refractivity contribution >= 4 is 11.5 Å². The van der Waals surface area contributed by atoms with Crippen LogP contribution in [0.2, 0.25) is 0 Å². The Morgan fingerprint density at radius 2 is 1.68 bits per heavy atom. The van der Waals surface area contributed by atoms with E-state index < -0.39 is 0 Å². The van der Waals surface area contributed by atoms with Gasteiger partial charge in [0.15, 0.2) is 0 Å². The molecule has 0 atom stereocenters. The van der Waals surface area contributed by atoms with Crippen molar-refractivity contribution in [1.82, 2.24) is 19.4 Å². The van der Waals surface area contributed by atoms with E-state index in [0.29, 0.717) is 19.8 Å². The molecule has 2 aromatic carbocycles. The number of methoxy groups -OCH3 is 1. The fraction of sp³-hybridized carbons (Fsp3) is 0.148. The number of hydrogen-bond donors (Lipinski definition) is 1. The molecule has 0 aliphatic rings. The molecule has 0 bridgehead atoms. The van der Waals surface area contributed by atoms with Gasteiger partial charge < -0.3 is 14.8 Å². The Bertz CT molecular complexity index is 1370. The van der Waals surface area contributed by atoms with Crippen LogP contribution in [0.5, 0.6) is 5.75 Å². The summed E-state index contributed by atoms with van der Waals surface area (Å²) < 4.78 is 12.7. The number of benzene rings is 2. The highest BCUT2D eigenvalue weighted by Crippen LogP contribution is 2.24. The second-order valence-electron chi connectivity index (χ2n) is 7.78. The van der Waals surface area contributed by atoms with Crippen molar-refractivity contribution in [2.24, 2.45) is 0 Å². The van der Waals surface area contributed by atoms with Crippen LogP contribution in [0.4, 0.5) is 5.82 Å². The minimum absolute atomic E-state index is 0.496. The van der Waals surface area contributed by atoms with Crippen LogP contribution in [0.3, 0.4) is 0 Å². The normalized spacial score (nSPS) is 11.0. The maximum Gasteiger partial charge on any atom is 0.140 e. The lowest BCUT2D eigenvalue weighted by atomic mass is 10.0. The Morgan fingerprint density at radius 1 is 0.853 bits per heavy atom. The summed E-state index contributed by atoms with van der Waals surface area (Å²) in [5.74, 6) is 1.51.